The summed E-state index contributed by atoms with van der Waals surface area (Å²) in [4.78, 5) is 35.3. The van der Waals surface area contributed by atoms with Crippen LogP contribution in [0.1, 0.15) is 45.4 Å². The molecule has 3 fully saturated rings. The predicted molar refractivity (Wildman–Crippen MR) is 67.4 cm³/mol. The zero-order valence-corrected chi connectivity index (χ0v) is 11.2. The number of rotatable bonds is 1. The van der Waals surface area contributed by atoms with E-state index in [0.717, 1.165) is 19.3 Å². The van der Waals surface area contributed by atoms with Gasteiger partial charge in [0.2, 0.25) is 0 Å². The number of Topliss-reactive ketones (excluding diaryl/α,β-unsaturated/α-hetero) is 2. The molecular formula is C15H20O4. The van der Waals surface area contributed by atoms with Crippen LogP contribution in [0.5, 0.6) is 0 Å². The van der Waals surface area contributed by atoms with Gasteiger partial charge in [-0.3, -0.25) is 14.4 Å². The van der Waals surface area contributed by atoms with Crippen LogP contribution < -0.4 is 0 Å². The lowest BCUT2D eigenvalue weighted by Crippen LogP contribution is -2.49. The van der Waals surface area contributed by atoms with Crippen LogP contribution in [-0.4, -0.2) is 22.6 Å². The second-order valence-corrected chi connectivity index (χ2v) is 6.67. The summed E-state index contributed by atoms with van der Waals surface area (Å²) in [5.74, 6) is -1.03. The van der Waals surface area contributed by atoms with E-state index in [4.69, 9.17) is 0 Å². The number of fused-ring (bicyclic) bond motifs is 3. The molecule has 0 aromatic carbocycles. The lowest BCUT2D eigenvalue weighted by Gasteiger charge is -2.49. The van der Waals surface area contributed by atoms with Gasteiger partial charge in [-0.2, -0.15) is 0 Å². The molecule has 0 amide bonds. The third kappa shape index (κ3) is 1.68. The van der Waals surface area contributed by atoms with Crippen LogP contribution in [-0.2, 0) is 14.4 Å². The van der Waals surface area contributed by atoms with Crippen molar-refractivity contribution in [3.05, 3.63) is 0 Å². The summed E-state index contributed by atoms with van der Waals surface area (Å²) in [6.07, 6.45) is 4.15. The van der Waals surface area contributed by atoms with E-state index in [-0.39, 0.29) is 23.0 Å². The van der Waals surface area contributed by atoms with E-state index in [9.17, 15) is 19.5 Å². The Bertz CT molecular complexity index is 455. The molecule has 0 aliphatic heterocycles. The predicted octanol–water partition coefficient (Wildman–Crippen LogP) is 2.06. The monoisotopic (exact) mass is 264 g/mol. The van der Waals surface area contributed by atoms with Gasteiger partial charge in [0.25, 0.3) is 0 Å². The van der Waals surface area contributed by atoms with Crippen LogP contribution in [0, 0.1) is 29.1 Å². The maximum Gasteiger partial charge on any atom is 0.314 e. The van der Waals surface area contributed by atoms with Gasteiger partial charge in [0.1, 0.15) is 17.5 Å². The van der Waals surface area contributed by atoms with Crippen molar-refractivity contribution in [3.8, 4) is 0 Å². The first-order valence-electron chi connectivity index (χ1n) is 7.24. The minimum atomic E-state index is -0.965. The number of ketones is 2. The molecule has 3 rings (SSSR count). The molecule has 0 bridgehead atoms. The molecule has 4 unspecified atom stereocenters. The second kappa shape index (κ2) is 4.15. The summed E-state index contributed by atoms with van der Waals surface area (Å²) in [6, 6.07) is 0. The van der Waals surface area contributed by atoms with E-state index in [1.807, 2.05) is 0 Å². The maximum absolute atomic E-state index is 12.1. The van der Waals surface area contributed by atoms with Gasteiger partial charge >= 0.3 is 5.97 Å². The summed E-state index contributed by atoms with van der Waals surface area (Å²) in [5.41, 5.74) is -0.245. The highest BCUT2D eigenvalue weighted by molar-refractivity contribution is 5.99. The molecule has 0 spiro atoms. The fraction of sp³-hybridized carbons (Fsp3) is 0.800. The average Bonchev–Trinajstić information content (AvgIpc) is 2.65. The van der Waals surface area contributed by atoms with Gasteiger partial charge in [-0.25, -0.2) is 0 Å². The summed E-state index contributed by atoms with van der Waals surface area (Å²) >= 11 is 0. The van der Waals surface area contributed by atoms with Crippen LogP contribution in [0.4, 0.5) is 0 Å². The highest BCUT2D eigenvalue weighted by Crippen LogP contribution is 2.58. The number of carbonyl (C=O) groups is 3. The molecule has 3 saturated carbocycles. The highest BCUT2D eigenvalue weighted by Gasteiger charge is 2.57. The molecule has 3 aliphatic carbocycles. The van der Waals surface area contributed by atoms with Crippen LogP contribution in [0.2, 0.25) is 0 Å². The van der Waals surface area contributed by atoms with E-state index in [1.165, 1.54) is 0 Å². The van der Waals surface area contributed by atoms with Gasteiger partial charge in [0.05, 0.1) is 0 Å². The third-order valence-corrected chi connectivity index (χ3v) is 5.97. The van der Waals surface area contributed by atoms with E-state index in [1.54, 1.807) is 0 Å². The van der Waals surface area contributed by atoms with Crippen molar-refractivity contribution in [2.75, 3.05) is 0 Å². The largest absolute Gasteiger partial charge is 0.481 e. The summed E-state index contributed by atoms with van der Waals surface area (Å²) < 4.78 is 0. The van der Waals surface area contributed by atoms with Gasteiger partial charge in [-0.1, -0.05) is 6.92 Å². The zero-order chi connectivity index (χ0) is 13.8. The Hall–Kier alpha value is -1.19. The van der Waals surface area contributed by atoms with Crippen LogP contribution >= 0.6 is 0 Å². The Morgan fingerprint density at radius 2 is 1.89 bits per heavy atom. The first kappa shape index (κ1) is 12.8. The lowest BCUT2D eigenvalue weighted by molar-refractivity contribution is -0.156. The molecule has 0 aromatic heterocycles. The van der Waals surface area contributed by atoms with E-state index in [0.29, 0.717) is 31.0 Å². The number of aliphatic carboxylic acids is 1. The van der Waals surface area contributed by atoms with Crippen molar-refractivity contribution in [1.29, 1.82) is 0 Å². The van der Waals surface area contributed by atoms with Crippen molar-refractivity contribution in [1.82, 2.24) is 0 Å². The normalized spacial score (nSPS) is 45.7. The third-order valence-electron chi connectivity index (χ3n) is 5.97. The Morgan fingerprint density at radius 3 is 2.58 bits per heavy atom. The fourth-order valence-corrected chi connectivity index (χ4v) is 4.94. The van der Waals surface area contributed by atoms with Crippen molar-refractivity contribution < 1.29 is 19.5 Å². The molecule has 4 nitrogen and oxygen atoms in total. The molecule has 19 heavy (non-hydrogen) atoms. The maximum atomic E-state index is 12.1. The van der Waals surface area contributed by atoms with Crippen LogP contribution in [0.3, 0.4) is 0 Å². The Labute approximate surface area is 112 Å². The van der Waals surface area contributed by atoms with Gasteiger partial charge in [0, 0.05) is 18.3 Å². The first-order valence-corrected chi connectivity index (χ1v) is 7.24. The summed E-state index contributed by atoms with van der Waals surface area (Å²) in [6.45, 7) is 2.05. The zero-order valence-electron chi connectivity index (χ0n) is 11.2. The van der Waals surface area contributed by atoms with Gasteiger partial charge in [0.15, 0.2) is 0 Å². The number of carbonyl (C=O) groups excluding carboxylic acids is 2. The number of hydrogen-bond donors (Lipinski definition) is 1. The number of carboxylic acids is 1. The first-order chi connectivity index (χ1) is 8.95. The Balaban J connectivity index is 1.92. The van der Waals surface area contributed by atoms with Gasteiger partial charge in [-0.15, -0.1) is 0 Å². The van der Waals surface area contributed by atoms with E-state index >= 15 is 0 Å². The topological polar surface area (TPSA) is 71.4 Å². The molecule has 0 radical (unpaired) electrons. The Morgan fingerprint density at radius 1 is 1.16 bits per heavy atom. The van der Waals surface area contributed by atoms with Crippen molar-refractivity contribution >= 4 is 17.5 Å². The highest BCUT2D eigenvalue weighted by atomic mass is 16.4. The molecule has 1 N–H and O–H groups in total. The summed E-state index contributed by atoms with van der Waals surface area (Å²) in [5, 5.41) is 9.32. The minimum absolute atomic E-state index is 0.0391. The molecule has 0 heterocycles. The smallest absolute Gasteiger partial charge is 0.314 e. The fourth-order valence-electron chi connectivity index (χ4n) is 4.94. The van der Waals surface area contributed by atoms with Gasteiger partial charge < -0.3 is 5.11 Å². The van der Waals surface area contributed by atoms with Crippen molar-refractivity contribution in [2.24, 2.45) is 29.1 Å². The van der Waals surface area contributed by atoms with Crippen molar-refractivity contribution in [3.63, 3.8) is 0 Å². The molecule has 0 aromatic rings. The average molecular weight is 264 g/mol. The molecule has 5 atom stereocenters. The van der Waals surface area contributed by atoms with Gasteiger partial charge in [-0.05, 0) is 43.4 Å². The summed E-state index contributed by atoms with van der Waals surface area (Å²) in [7, 11) is 0. The SMILES string of the molecule is CC12CCC3C(CCC(=O)[C@@H]3C(=O)O)C1CCC2=O. The van der Waals surface area contributed by atoms with E-state index < -0.39 is 11.9 Å². The quantitative estimate of drug-likeness (QED) is 0.736. The minimum Gasteiger partial charge on any atom is -0.481 e. The molecule has 0 saturated heterocycles. The molecule has 3 aliphatic rings. The van der Waals surface area contributed by atoms with Crippen molar-refractivity contribution in [2.45, 2.75) is 45.4 Å². The molecular weight excluding hydrogens is 244 g/mol. The molecule has 4 heteroatoms. The standard InChI is InChI=1S/C15H20O4/c1-15-7-6-9-8(10(15)3-5-12(15)17)2-4-11(16)13(9)14(18)19/h8-10,13H,2-7H2,1H3,(H,18,19)/t8?,9?,10?,13-,15?/m1/s1. The molecule has 104 valence electrons. The number of carboxylic acid groups (broad SMARTS) is 1. The van der Waals surface area contributed by atoms with Crippen LogP contribution in [0.15, 0.2) is 0 Å². The lowest BCUT2D eigenvalue weighted by atomic mass is 9.54. The van der Waals surface area contributed by atoms with Crippen LogP contribution in [0.25, 0.3) is 0 Å². The number of hydrogen-bond acceptors (Lipinski definition) is 3. The second-order valence-electron chi connectivity index (χ2n) is 6.67. The van der Waals surface area contributed by atoms with E-state index in [2.05, 4.69) is 6.92 Å². The Kier molecular flexibility index (Phi) is 2.80.